The number of nitrogens with zero attached hydrogens (tertiary/aromatic N) is 3. The Kier molecular flexibility index (Phi) is 5.52. The molecule has 8 nitrogen and oxygen atoms in total. The molecule has 27 heavy (non-hydrogen) atoms. The molecular weight excluding hydrogens is 368 g/mol. The van der Waals surface area contributed by atoms with Crippen molar-refractivity contribution >= 4 is 21.7 Å². The Morgan fingerprint density at radius 2 is 1.85 bits per heavy atom. The van der Waals surface area contributed by atoms with Crippen molar-refractivity contribution in [1.82, 2.24) is 14.4 Å². The summed E-state index contributed by atoms with van der Waals surface area (Å²) in [4.78, 5) is 14.3. The standard InChI is InChI=1S/C18H24N4O4S/c1-4-15-7-5-6-8-16(15)19-18(23)21-9-11-22(12-10-21)27(24,25)17-13(2)20-26-14(17)3/h5-8H,4,9-12H2,1-3H3,(H,19,23). The number of aryl methyl sites for hydroxylation is 3. The maximum absolute atomic E-state index is 12.8. The van der Waals surface area contributed by atoms with Gasteiger partial charge in [0, 0.05) is 31.9 Å². The molecule has 1 aliphatic heterocycles. The van der Waals surface area contributed by atoms with E-state index in [4.69, 9.17) is 4.52 Å². The minimum Gasteiger partial charge on any atom is -0.360 e. The van der Waals surface area contributed by atoms with Crippen molar-refractivity contribution in [2.45, 2.75) is 32.1 Å². The van der Waals surface area contributed by atoms with Crippen LogP contribution in [0.4, 0.5) is 10.5 Å². The quantitative estimate of drug-likeness (QED) is 0.862. The van der Waals surface area contributed by atoms with Gasteiger partial charge < -0.3 is 14.7 Å². The highest BCUT2D eigenvalue weighted by Gasteiger charge is 2.34. The number of carbonyl (C=O) groups is 1. The Labute approximate surface area is 159 Å². The maximum atomic E-state index is 12.8. The van der Waals surface area contributed by atoms with Gasteiger partial charge in [-0.15, -0.1) is 0 Å². The molecule has 2 aromatic rings. The molecular formula is C18H24N4O4S. The smallest absolute Gasteiger partial charge is 0.321 e. The first-order valence-electron chi connectivity index (χ1n) is 8.91. The first-order valence-corrected chi connectivity index (χ1v) is 10.4. The lowest BCUT2D eigenvalue weighted by molar-refractivity contribution is 0.184. The second-order valence-electron chi connectivity index (χ2n) is 6.49. The van der Waals surface area contributed by atoms with Crippen molar-refractivity contribution in [1.29, 1.82) is 0 Å². The lowest BCUT2D eigenvalue weighted by Crippen LogP contribution is -2.51. The van der Waals surface area contributed by atoms with Crippen LogP contribution in [0.15, 0.2) is 33.7 Å². The van der Waals surface area contributed by atoms with Crippen LogP contribution in [0, 0.1) is 13.8 Å². The predicted octanol–water partition coefficient (Wildman–Crippen LogP) is 2.39. The summed E-state index contributed by atoms with van der Waals surface area (Å²) in [5.74, 6) is 0.281. The van der Waals surface area contributed by atoms with Gasteiger partial charge in [-0.05, 0) is 31.9 Å². The van der Waals surface area contributed by atoms with Crippen molar-refractivity contribution < 1.29 is 17.7 Å². The van der Waals surface area contributed by atoms with Gasteiger partial charge in [0.1, 0.15) is 10.6 Å². The number of sulfonamides is 1. The van der Waals surface area contributed by atoms with Gasteiger partial charge in [0.15, 0.2) is 5.76 Å². The van der Waals surface area contributed by atoms with Crippen molar-refractivity contribution in [3.63, 3.8) is 0 Å². The van der Waals surface area contributed by atoms with Crippen LogP contribution in [-0.2, 0) is 16.4 Å². The minimum absolute atomic E-state index is 0.122. The molecule has 146 valence electrons. The van der Waals surface area contributed by atoms with Gasteiger partial charge in [0.25, 0.3) is 0 Å². The van der Waals surface area contributed by atoms with Gasteiger partial charge in [-0.1, -0.05) is 30.3 Å². The summed E-state index contributed by atoms with van der Waals surface area (Å²) in [5.41, 5.74) is 2.20. The second-order valence-corrected chi connectivity index (χ2v) is 8.36. The van der Waals surface area contributed by atoms with Gasteiger partial charge in [-0.3, -0.25) is 0 Å². The molecule has 1 aliphatic rings. The topological polar surface area (TPSA) is 95.8 Å². The molecule has 0 atom stereocenters. The zero-order valence-corrected chi connectivity index (χ0v) is 16.5. The van der Waals surface area contributed by atoms with E-state index in [0.717, 1.165) is 17.7 Å². The summed E-state index contributed by atoms with van der Waals surface area (Å²) in [6.45, 7) is 6.33. The number of anilines is 1. The maximum Gasteiger partial charge on any atom is 0.321 e. The molecule has 0 spiro atoms. The SMILES string of the molecule is CCc1ccccc1NC(=O)N1CCN(S(=O)(=O)c2c(C)noc2C)CC1. The number of rotatable bonds is 4. The zero-order valence-electron chi connectivity index (χ0n) is 15.7. The Hall–Kier alpha value is -2.39. The molecule has 1 N–H and O–H groups in total. The molecule has 0 bridgehead atoms. The zero-order chi connectivity index (χ0) is 19.6. The normalized spacial score (nSPS) is 15.7. The highest BCUT2D eigenvalue weighted by atomic mass is 32.2. The lowest BCUT2D eigenvalue weighted by atomic mass is 10.1. The van der Waals surface area contributed by atoms with Crippen molar-refractivity contribution in [2.75, 3.05) is 31.5 Å². The highest BCUT2D eigenvalue weighted by molar-refractivity contribution is 7.89. The fourth-order valence-corrected chi connectivity index (χ4v) is 4.96. The van der Waals surface area contributed by atoms with Crippen LogP contribution in [-0.4, -0.2) is 55.0 Å². The van der Waals surface area contributed by atoms with E-state index in [1.807, 2.05) is 31.2 Å². The molecule has 0 aliphatic carbocycles. The summed E-state index contributed by atoms with van der Waals surface area (Å²) in [7, 11) is -3.68. The number of amides is 2. The van der Waals surface area contributed by atoms with Crippen LogP contribution in [0.5, 0.6) is 0 Å². The molecule has 1 aromatic heterocycles. The number of urea groups is 1. The summed E-state index contributed by atoms with van der Waals surface area (Å²) in [6.07, 6.45) is 0.819. The summed E-state index contributed by atoms with van der Waals surface area (Å²) < 4.78 is 32.1. The summed E-state index contributed by atoms with van der Waals surface area (Å²) in [5, 5.41) is 6.65. The highest BCUT2D eigenvalue weighted by Crippen LogP contribution is 2.24. The third-order valence-corrected chi connectivity index (χ3v) is 6.88. The van der Waals surface area contributed by atoms with Crippen LogP contribution >= 0.6 is 0 Å². The monoisotopic (exact) mass is 392 g/mol. The van der Waals surface area contributed by atoms with E-state index in [2.05, 4.69) is 10.5 Å². The van der Waals surface area contributed by atoms with Crippen molar-refractivity contribution in [2.24, 2.45) is 0 Å². The van der Waals surface area contributed by atoms with Gasteiger partial charge >= 0.3 is 6.03 Å². The molecule has 0 saturated carbocycles. The van der Waals surface area contributed by atoms with E-state index < -0.39 is 10.0 Å². The fourth-order valence-electron chi connectivity index (χ4n) is 3.25. The van der Waals surface area contributed by atoms with Crippen LogP contribution < -0.4 is 5.32 Å². The average Bonchev–Trinajstić information content (AvgIpc) is 3.01. The first-order chi connectivity index (χ1) is 12.8. The van der Waals surface area contributed by atoms with Crippen molar-refractivity contribution in [3.05, 3.63) is 41.3 Å². The Morgan fingerprint density at radius 3 is 2.44 bits per heavy atom. The number of hydrogen-bond donors (Lipinski definition) is 1. The van der Waals surface area contributed by atoms with E-state index >= 15 is 0 Å². The predicted molar refractivity (Wildman–Crippen MR) is 101 cm³/mol. The fraction of sp³-hybridized carbons (Fsp3) is 0.444. The average molecular weight is 392 g/mol. The molecule has 3 rings (SSSR count). The van der Waals surface area contributed by atoms with Gasteiger partial charge in [-0.2, -0.15) is 4.31 Å². The molecule has 1 aromatic carbocycles. The van der Waals surface area contributed by atoms with Crippen LogP contribution in [0.2, 0.25) is 0 Å². The van der Waals surface area contributed by atoms with Gasteiger partial charge in [-0.25, -0.2) is 13.2 Å². The van der Waals surface area contributed by atoms with E-state index in [1.165, 1.54) is 4.31 Å². The Morgan fingerprint density at radius 1 is 1.19 bits per heavy atom. The largest absolute Gasteiger partial charge is 0.360 e. The van der Waals surface area contributed by atoms with E-state index in [9.17, 15) is 13.2 Å². The van der Waals surface area contributed by atoms with Gasteiger partial charge in [0.2, 0.25) is 10.0 Å². The number of nitrogens with one attached hydrogen (secondary N) is 1. The molecule has 1 fully saturated rings. The first kappa shape index (κ1) is 19.4. The number of aromatic nitrogens is 1. The van der Waals surface area contributed by atoms with E-state index in [-0.39, 0.29) is 29.8 Å². The second kappa shape index (κ2) is 7.69. The third-order valence-electron chi connectivity index (χ3n) is 4.73. The molecule has 0 radical (unpaired) electrons. The van der Waals surface area contributed by atoms with Crippen LogP contribution in [0.25, 0.3) is 0 Å². The third kappa shape index (κ3) is 3.84. The summed E-state index contributed by atoms with van der Waals surface area (Å²) in [6, 6.07) is 7.44. The number of hydrogen-bond acceptors (Lipinski definition) is 5. The minimum atomic E-state index is -3.68. The van der Waals surface area contributed by atoms with Crippen LogP contribution in [0.1, 0.15) is 23.9 Å². The molecule has 9 heteroatoms. The Bertz CT molecular complexity index is 911. The van der Waals surface area contributed by atoms with Crippen molar-refractivity contribution in [3.8, 4) is 0 Å². The lowest BCUT2D eigenvalue weighted by Gasteiger charge is -2.34. The van der Waals surface area contributed by atoms with E-state index in [0.29, 0.717) is 18.8 Å². The number of carbonyl (C=O) groups excluding carboxylic acids is 1. The van der Waals surface area contributed by atoms with Crippen LogP contribution in [0.3, 0.4) is 0 Å². The molecule has 0 unspecified atom stereocenters. The van der Waals surface area contributed by atoms with E-state index in [1.54, 1.807) is 18.7 Å². The molecule has 2 heterocycles. The molecule has 2 amide bonds. The Balaban J connectivity index is 1.66. The molecule has 1 saturated heterocycles. The number of piperazine rings is 1. The number of para-hydroxylation sites is 1. The number of benzene rings is 1. The summed E-state index contributed by atoms with van der Waals surface area (Å²) >= 11 is 0. The van der Waals surface area contributed by atoms with Gasteiger partial charge in [0.05, 0.1) is 0 Å².